The van der Waals surface area contributed by atoms with Crippen LogP contribution >= 0.6 is 0 Å². The fourth-order valence-electron chi connectivity index (χ4n) is 2.32. The molecule has 2 aromatic carbocycles. The van der Waals surface area contributed by atoms with Gasteiger partial charge in [-0.3, -0.25) is 0 Å². The minimum Gasteiger partial charge on any atom is -0.497 e. The van der Waals surface area contributed by atoms with Crippen LogP contribution < -0.4 is 20.1 Å². The highest BCUT2D eigenvalue weighted by Crippen LogP contribution is 2.30. The van der Waals surface area contributed by atoms with Gasteiger partial charge < -0.3 is 25.2 Å². The van der Waals surface area contributed by atoms with E-state index in [9.17, 15) is 23.1 Å². The number of carbonyl (C=O) groups is 1. The Hall–Kier alpha value is -2.94. The lowest BCUT2D eigenvalue weighted by Gasteiger charge is -2.17. The molecule has 0 aliphatic heterocycles. The largest absolute Gasteiger partial charge is 0.497 e. The molecule has 0 aliphatic rings. The molecule has 0 heterocycles. The summed E-state index contributed by atoms with van der Waals surface area (Å²) in [5, 5.41) is 15.1. The Morgan fingerprint density at radius 3 is 2.33 bits per heavy atom. The molecule has 0 saturated heterocycles. The third-order valence-corrected chi connectivity index (χ3v) is 3.72. The van der Waals surface area contributed by atoms with Crippen LogP contribution in [-0.4, -0.2) is 31.9 Å². The molecule has 2 rings (SSSR count). The molecule has 9 heteroatoms. The molecule has 0 bridgehead atoms. The number of methoxy groups -OCH3 is 2. The normalized spacial score (nSPS) is 12.2. The quantitative estimate of drug-likeness (QED) is 0.711. The molecule has 3 N–H and O–H groups in total. The number of anilines is 1. The van der Waals surface area contributed by atoms with Gasteiger partial charge in [0.05, 0.1) is 19.8 Å². The lowest BCUT2D eigenvalue weighted by atomic mass is 10.1. The van der Waals surface area contributed by atoms with E-state index in [1.807, 2.05) is 0 Å². The Labute approximate surface area is 153 Å². The predicted octanol–water partition coefficient (Wildman–Crippen LogP) is 3.58. The van der Waals surface area contributed by atoms with Crippen molar-refractivity contribution in [3.8, 4) is 11.5 Å². The molecular formula is C18H19F3N2O4. The smallest absolute Gasteiger partial charge is 0.416 e. The van der Waals surface area contributed by atoms with Crippen molar-refractivity contribution in [1.82, 2.24) is 5.32 Å². The number of carbonyl (C=O) groups excluding carboxylic acids is 1. The minimum absolute atomic E-state index is 0.143. The van der Waals surface area contributed by atoms with E-state index in [1.54, 1.807) is 18.2 Å². The van der Waals surface area contributed by atoms with Gasteiger partial charge in [-0.1, -0.05) is 0 Å². The number of ether oxygens (including phenoxy) is 2. The molecule has 0 unspecified atom stereocenters. The third kappa shape index (κ3) is 5.52. The van der Waals surface area contributed by atoms with Gasteiger partial charge in [0.25, 0.3) is 0 Å². The molecule has 0 radical (unpaired) electrons. The number of aliphatic hydroxyl groups is 1. The summed E-state index contributed by atoms with van der Waals surface area (Å²) < 4.78 is 47.8. The Morgan fingerprint density at radius 2 is 1.78 bits per heavy atom. The highest BCUT2D eigenvalue weighted by Gasteiger charge is 2.30. The minimum atomic E-state index is -4.44. The van der Waals surface area contributed by atoms with Crippen molar-refractivity contribution < 1.29 is 32.5 Å². The van der Waals surface area contributed by atoms with E-state index in [0.717, 1.165) is 24.3 Å². The molecular weight excluding hydrogens is 365 g/mol. The number of amides is 2. The van der Waals surface area contributed by atoms with Crippen LogP contribution in [0.25, 0.3) is 0 Å². The Kier molecular flexibility index (Phi) is 6.51. The standard InChI is InChI=1S/C18H19F3N2O4/c1-26-13-7-8-16(27-2)14(9-13)15(24)10-22-17(25)23-12-5-3-11(4-6-12)18(19,20)21/h3-9,15,24H,10H2,1-2H3,(H2,22,23,25)/t15-/m0/s1. The molecule has 0 saturated carbocycles. The third-order valence-electron chi connectivity index (χ3n) is 3.72. The highest BCUT2D eigenvalue weighted by molar-refractivity contribution is 5.89. The predicted molar refractivity (Wildman–Crippen MR) is 93.0 cm³/mol. The zero-order valence-corrected chi connectivity index (χ0v) is 14.6. The summed E-state index contributed by atoms with van der Waals surface area (Å²) in [4.78, 5) is 11.9. The van der Waals surface area contributed by atoms with Gasteiger partial charge in [0.1, 0.15) is 17.6 Å². The Balaban J connectivity index is 1.95. The van der Waals surface area contributed by atoms with Crippen LogP contribution in [0.15, 0.2) is 42.5 Å². The van der Waals surface area contributed by atoms with Crippen LogP contribution in [0, 0.1) is 0 Å². The summed E-state index contributed by atoms with van der Waals surface area (Å²) in [6.07, 6.45) is -5.52. The maximum absolute atomic E-state index is 12.5. The van der Waals surface area contributed by atoms with Gasteiger partial charge in [-0.15, -0.1) is 0 Å². The number of hydrogen-bond donors (Lipinski definition) is 3. The molecule has 0 spiro atoms. The van der Waals surface area contributed by atoms with E-state index in [2.05, 4.69) is 10.6 Å². The topological polar surface area (TPSA) is 79.8 Å². The van der Waals surface area contributed by atoms with Crippen molar-refractivity contribution in [2.75, 3.05) is 26.1 Å². The van der Waals surface area contributed by atoms with Gasteiger partial charge in [-0.05, 0) is 42.5 Å². The molecule has 0 aliphatic carbocycles. The highest BCUT2D eigenvalue weighted by atomic mass is 19.4. The molecule has 0 fully saturated rings. The van der Waals surface area contributed by atoms with Crippen molar-refractivity contribution in [1.29, 1.82) is 0 Å². The number of aliphatic hydroxyl groups excluding tert-OH is 1. The lowest BCUT2D eigenvalue weighted by molar-refractivity contribution is -0.137. The second-order valence-corrected chi connectivity index (χ2v) is 5.53. The Morgan fingerprint density at radius 1 is 1.11 bits per heavy atom. The number of nitrogens with one attached hydrogen (secondary N) is 2. The van der Waals surface area contributed by atoms with Crippen LogP contribution in [0.3, 0.4) is 0 Å². The summed E-state index contributed by atoms with van der Waals surface area (Å²) >= 11 is 0. The van der Waals surface area contributed by atoms with E-state index in [0.29, 0.717) is 17.1 Å². The van der Waals surface area contributed by atoms with Crippen molar-refractivity contribution in [3.05, 3.63) is 53.6 Å². The van der Waals surface area contributed by atoms with Crippen LogP contribution in [0.4, 0.5) is 23.7 Å². The van der Waals surface area contributed by atoms with Gasteiger partial charge in [0.15, 0.2) is 0 Å². The van der Waals surface area contributed by atoms with Crippen molar-refractivity contribution in [3.63, 3.8) is 0 Å². The monoisotopic (exact) mass is 384 g/mol. The van der Waals surface area contributed by atoms with E-state index >= 15 is 0 Å². The summed E-state index contributed by atoms with van der Waals surface area (Å²) in [5.74, 6) is 0.937. The molecule has 0 aromatic heterocycles. The first kappa shape index (κ1) is 20.4. The number of rotatable bonds is 6. The van der Waals surface area contributed by atoms with Gasteiger partial charge >= 0.3 is 12.2 Å². The van der Waals surface area contributed by atoms with Crippen molar-refractivity contribution >= 4 is 11.7 Å². The maximum atomic E-state index is 12.5. The SMILES string of the molecule is COc1ccc(OC)c([C@@H](O)CNC(=O)Nc2ccc(C(F)(F)F)cc2)c1. The number of alkyl halides is 3. The average Bonchev–Trinajstić information content (AvgIpc) is 2.65. The van der Waals surface area contributed by atoms with E-state index in [-0.39, 0.29) is 12.2 Å². The van der Waals surface area contributed by atoms with Crippen LogP contribution in [-0.2, 0) is 6.18 Å². The second-order valence-electron chi connectivity index (χ2n) is 5.53. The van der Waals surface area contributed by atoms with E-state index < -0.39 is 23.9 Å². The van der Waals surface area contributed by atoms with Crippen LogP contribution in [0.2, 0.25) is 0 Å². The first-order valence-corrected chi connectivity index (χ1v) is 7.86. The first-order valence-electron chi connectivity index (χ1n) is 7.86. The van der Waals surface area contributed by atoms with Crippen LogP contribution in [0.1, 0.15) is 17.2 Å². The summed E-state index contributed by atoms with van der Waals surface area (Å²) in [6, 6.07) is 8.22. The summed E-state index contributed by atoms with van der Waals surface area (Å²) in [6.45, 7) is -0.143. The molecule has 6 nitrogen and oxygen atoms in total. The molecule has 27 heavy (non-hydrogen) atoms. The fraction of sp³-hybridized carbons (Fsp3) is 0.278. The number of benzene rings is 2. The van der Waals surface area contributed by atoms with E-state index in [4.69, 9.17) is 9.47 Å². The average molecular weight is 384 g/mol. The van der Waals surface area contributed by atoms with E-state index in [1.165, 1.54) is 14.2 Å². The van der Waals surface area contributed by atoms with Gasteiger partial charge in [-0.25, -0.2) is 4.79 Å². The van der Waals surface area contributed by atoms with Crippen molar-refractivity contribution in [2.24, 2.45) is 0 Å². The van der Waals surface area contributed by atoms with Gasteiger partial charge in [0, 0.05) is 17.8 Å². The zero-order valence-electron chi connectivity index (χ0n) is 14.6. The summed E-state index contributed by atoms with van der Waals surface area (Å²) in [5.41, 5.74) is -0.199. The molecule has 2 aromatic rings. The second kappa shape index (κ2) is 8.63. The summed E-state index contributed by atoms with van der Waals surface area (Å²) in [7, 11) is 2.93. The zero-order chi connectivity index (χ0) is 20.0. The maximum Gasteiger partial charge on any atom is 0.416 e. The lowest BCUT2D eigenvalue weighted by Crippen LogP contribution is -2.32. The molecule has 2 amide bonds. The van der Waals surface area contributed by atoms with Gasteiger partial charge in [0.2, 0.25) is 0 Å². The Bertz CT molecular complexity index is 779. The molecule has 1 atom stereocenters. The fourth-order valence-corrected chi connectivity index (χ4v) is 2.32. The van der Waals surface area contributed by atoms with Crippen molar-refractivity contribution in [2.45, 2.75) is 12.3 Å². The first-order chi connectivity index (χ1) is 12.7. The number of hydrogen-bond acceptors (Lipinski definition) is 4. The van der Waals surface area contributed by atoms with Crippen LogP contribution in [0.5, 0.6) is 11.5 Å². The number of halogens is 3. The number of urea groups is 1. The molecule has 146 valence electrons. The van der Waals surface area contributed by atoms with Gasteiger partial charge in [-0.2, -0.15) is 13.2 Å².